The highest BCUT2D eigenvalue weighted by molar-refractivity contribution is 5.93. The van der Waals surface area contributed by atoms with Gasteiger partial charge in [-0.05, 0) is 70.8 Å². The van der Waals surface area contributed by atoms with Gasteiger partial charge in [-0.1, -0.05) is 6.07 Å². The highest BCUT2D eigenvalue weighted by Crippen LogP contribution is 2.39. The molecule has 2 bridgehead atoms. The molecule has 1 saturated carbocycles. The lowest BCUT2D eigenvalue weighted by atomic mass is 9.85. The number of nitrogens with zero attached hydrogens (tertiary/aromatic N) is 7. The second-order valence-corrected chi connectivity index (χ2v) is 11.1. The molecule has 6 rings (SSSR count). The number of H-pyrrole nitrogens is 1. The SMILES string of the molecule is Cc1c2c(nn1C1CC(N(C)CCN(C)C)C1)OCCCOc1c(cnn1C)-c1ccc3n[nH]c(c3c1)/C=C/2. The molecule has 0 amide bonds. The predicted molar refractivity (Wildman–Crippen MR) is 153 cm³/mol. The van der Waals surface area contributed by atoms with Gasteiger partial charge < -0.3 is 19.3 Å². The van der Waals surface area contributed by atoms with Crippen molar-refractivity contribution in [3.8, 4) is 22.9 Å². The second kappa shape index (κ2) is 10.5. The van der Waals surface area contributed by atoms with E-state index in [1.165, 1.54) is 0 Å². The van der Waals surface area contributed by atoms with Gasteiger partial charge in [0.1, 0.15) is 0 Å². The number of ether oxygens (including phenoxy) is 2. The highest BCUT2D eigenvalue weighted by atomic mass is 16.5. The van der Waals surface area contributed by atoms with E-state index >= 15 is 0 Å². The molecule has 0 radical (unpaired) electrons. The predicted octanol–water partition coefficient (Wildman–Crippen LogP) is 4.00. The van der Waals surface area contributed by atoms with Gasteiger partial charge in [0.2, 0.25) is 11.8 Å². The van der Waals surface area contributed by atoms with Crippen LogP contribution in [0.25, 0.3) is 34.2 Å². The molecule has 4 heterocycles. The third kappa shape index (κ3) is 4.94. The molecule has 0 atom stereocenters. The fraction of sp³-hybridized carbons (Fsp3) is 0.483. The molecule has 3 aromatic heterocycles. The van der Waals surface area contributed by atoms with Crippen LogP contribution in [0.1, 0.15) is 42.3 Å². The molecule has 2 aliphatic rings. The minimum absolute atomic E-state index is 0.383. The number of hydrogen-bond donors (Lipinski definition) is 1. The Balaban J connectivity index is 1.30. The minimum atomic E-state index is 0.383. The third-order valence-corrected chi connectivity index (χ3v) is 8.08. The van der Waals surface area contributed by atoms with Gasteiger partial charge in [-0.3, -0.25) is 9.78 Å². The Morgan fingerprint density at radius 3 is 2.72 bits per heavy atom. The first kappa shape index (κ1) is 25.6. The first-order chi connectivity index (χ1) is 18.9. The summed E-state index contributed by atoms with van der Waals surface area (Å²) in [4.78, 5) is 4.71. The van der Waals surface area contributed by atoms with E-state index in [1.54, 1.807) is 4.68 Å². The monoisotopic (exact) mass is 530 g/mol. The van der Waals surface area contributed by atoms with Crippen molar-refractivity contribution < 1.29 is 9.47 Å². The number of hydrogen-bond acceptors (Lipinski definition) is 7. The van der Waals surface area contributed by atoms with Gasteiger partial charge >= 0.3 is 0 Å². The van der Waals surface area contributed by atoms with E-state index in [2.05, 4.69) is 82.1 Å². The van der Waals surface area contributed by atoms with E-state index in [4.69, 9.17) is 14.6 Å². The lowest BCUT2D eigenvalue weighted by Crippen LogP contribution is -2.45. The van der Waals surface area contributed by atoms with Crippen molar-refractivity contribution in [3.05, 3.63) is 41.3 Å². The van der Waals surface area contributed by atoms with Crippen LogP contribution in [-0.4, -0.2) is 93.0 Å². The molecule has 1 aromatic carbocycles. The van der Waals surface area contributed by atoms with Gasteiger partial charge in [-0.2, -0.15) is 10.2 Å². The summed E-state index contributed by atoms with van der Waals surface area (Å²) in [6, 6.07) is 7.23. The van der Waals surface area contributed by atoms with Crippen molar-refractivity contribution in [3.63, 3.8) is 0 Å². The van der Waals surface area contributed by atoms with Crippen molar-refractivity contribution >= 4 is 23.1 Å². The summed E-state index contributed by atoms with van der Waals surface area (Å²) in [7, 11) is 8.38. The summed E-state index contributed by atoms with van der Waals surface area (Å²) >= 11 is 0. The van der Waals surface area contributed by atoms with Crippen molar-refractivity contribution in [1.29, 1.82) is 0 Å². The van der Waals surface area contributed by atoms with E-state index in [-0.39, 0.29) is 0 Å². The van der Waals surface area contributed by atoms with Gasteiger partial charge in [0, 0.05) is 43.7 Å². The minimum Gasteiger partial charge on any atom is -0.477 e. The number of aromatic nitrogens is 6. The average Bonchev–Trinajstić information content (AvgIpc) is 3.55. The van der Waals surface area contributed by atoms with Gasteiger partial charge in [0.05, 0.1) is 47.8 Å². The second-order valence-electron chi connectivity index (χ2n) is 11.1. The quantitative estimate of drug-likeness (QED) is 0.417. The van der Waals surface area contributed by atoms with Crippen molar-refractivity contribution in [2.24, 2.45) is 7.05 Å². The molecule has 206 valence electrons. The van der Waals surface area contributed by atoms with Crippen LogP contribution in [0.15, 0.2) is 24.4 Å². The van der Waals surface area contributed by atoms with Crippen LogP contribution in [0, 0.1) is 6.92 Å². The smallest absolute Gasteiger partial charge is 0.240 e. The van der Waals surface area contributed by atoms with Crippen LogP contribution < -0.4 is 9.47 Å². The zero-order chi connectivity index (χ0) is 27.1. The van der Waals surface area contributed by atoms with Crippen LogP contribution >= 0.6 is 0 Å². The van der Waals surface area contributed by atoms with E-state index < -0.39 is 0 Å². The van der Waals surface area contributed by atoms with Crippen LogP contribution in [0.5, 0.6) is 11.8 Å². The maximum absolute atomic E-state index is 6.26. The van der Waals surface area contributed by atoms with Crippen LogP contribution in [-0.2, 0) is 7.05 Å². The first-order valence-electron chi connectivity index (χ1n) is 13.8. The molecule has 0 unspecified atom stereocenters. The van der Waals surface area contributed by atoms with E-state index in [9.17, 15) is 0 Å². The Labute approximate surface area is 229 Å². The standard InChI is InChI=1S/C29H38N8O2/c1-19-23-8-10-27-24-15-20(7-9-26(24)31-32-27)25-18-30-36(5)29(25)39-14-6-13-38-28(23)33-37(19)22-16-21(17-22)35(4)12-11-34(2)3/h7-10,15,18,21-22H,6,11-14,16-17H2,1-5H3,(H,31,32)/b10-8+. The first-order valence-corrected chi connectivity index (χ1v) is 13.8. The molecule has 1 fully saturated rings. The molecule has 1 N–H and O–H groups in total. The van der Waals surface area contributed by atoms with Crippen molar-refractivity contribution in [2.75, 3.05) is 47.4 Å². The summed E-state index contributed by atoms with van der Waals surface area (Å²) in [5.74, 6) is 1.43. The summed E-state index contributed by atoms with van der Waals surface area (Å²) in [6.07, 6.45) is 8.99. The average molecular weight is 531 g/mol. The molecule has 4 aromatic rings. The largest absolute Gasteiger partial charge is 0.477 e. The van der Waals surface area contributed by atoms with Gasteiger partial charge in [0.15, 0.2) is 0 Å². The van der Waals surface area contributed by atoms with Crippen LogP contribution in [0.4, 0.5) is 0 Å². The molecule has 1 aliphatic heterocycles. The third-order valence-electron chi connectivity index (χ3n) is 8.08. The Morgan fingerprint density at radius 1 is 1.08 bits per heavy atom. The van der Waals surface area contributed by atoms with Crippen LogP contribution in [0.3, 0.4) is 0 Å². The number of aryl methyl sites for hydroxylation is 1. The van der Waals surface area contributed by atoms with E-state index in [1.807, 2.05) is 19.3 Å². The molecule has 0 saturated heterocycles. The molecule has 1 aliphatic carbocycles. The molecule has 10 heteroatoms. The fourth-order valence-corrected chi connectivity index (χ4v) is 5.50. The Morgan fingerprint density at radius 2 is 1.90 bits per heavy atom. The van der Waals surface area contributed by atoms with Gasteiger partial charge in [-0.15, -0.1) is 5.10 Å². The number of nitrogens with one attached hydrogen (secondary N) is 1. The van der Waals surface area contributed by atoms with Gasteiger partial charge in [-0.25, -0.2) is 4.68 Å². The highest BCUT2D eigenvalue weighted by Gasteiger charge is 2.35. The van der Waals surface area contributed by atoms with Crippen LogP contribution in [0.2, 0.25) is 0 Å². The molecular weight excluding hydrogens is 492 g/mol. The zero-order valence-corrected chi connectivity index (χ0v) is 23.5. The lowest BCUT2D eigenvalue weighted by Gasteiger charge is -2.42. The number of fused-ring (bicyclic) bond motifs is 4. The van der Waals surface area contributed by atoms with Gasteiger partial charge in [0.25, 0.3) is 0 Å². The Bertz CT molecular complexity index is 1490. The molecule has 10 nitrogen and oxygen atoms in total. The Hall–Kier alpha value is -3.63. The summed E-state index contributed by atoms with van der Waals surface area (Å²) in [5, 5.41) is 18.2. The Kier molecular flexibility index (Phi) is 6.90. The number of aromatic amines is 1. The fourth-order valence-electron chi connectivity index (χ4n) is 5.50. The number of rotatable bonds is 5. The summed E-state index contributed by atoms with van der Waals surface area (Å²) in [6.45, 7) is 5.34. The van der Waals surface area contributed by atoms with Crippen molar-refractivity contribution in [2.45, 2.75) is 38.3 Å². The molecule has 0 spiro atoms. The zero-order valence-electron chi connectivity index (χ0n) is 23.5. The normalized spacial score (nSPS) is 20.2. The number of benzene rings is 1. The lowest BCUT2D eigenvalue weighted by molar-refractivity contribution is 0.0917. The van der Waals surface area contributed by atoms with E-state index in [0.717, 1.165) is 77.2 Å². The van der Waals surface area contributed by atoms with Crippen molar-refractivity contribution in [1.82, 2.24) is 39.6 Å². The molecular formula is C29H38N8O2. The summed E-state index contributed by atoms with van der Waals surface area (Å²) < 4.78 is 16.4. The molecule has 39 heavy (non-hydrogen) atoms. The maximum atomic E-state index is 6.26. The topological polar surface area (TPSA) is 89.3 Å². The maximum Gasteiger partial charge on any atom is 0.240 e. The van der Waals surface area contributed by atoms with E-state index in [0.29, 0.717) is 31.2 Å². The summed E-state index contributed by atoms with van der Waals surface area (Å²) in [5.41, 5.74) is 6.01. The number of likely N-dealkylation sites (N-methyl/N-ethyl adjacent to an activating group) is 2.